The molecule has 0 spiro atoms. The molecule has 0 heterocycles. The van der Waals surface area contributed by atoms with Gasteiger partial charge in [0.1, 0.15) is 0 Å². The summed E-state index contributed by atoms with van der Waals surface area (Å²) in [5.74, 6) is 0. The van der Waals surface area contributed by atoms with Crippen molar-refractivity contribution in [2.45, 2.75) is 36.6 Å². The second-order valence-corrected chi connectivity index (χ2v) is 7.56. The third-order valence-electron chi connectivity index (χ3n) is 4.33. The fourth-order valence-corrected chi connectivity index (χ4v) is 3.98. The Morgan fingerprint density at radius 1 is 1.35 bits per heavy atom. The maximum atomic E-state index is 12.4. The summed E-state index contributed by atoms with van der Waals surface area (Å²) in [7, 11) is 0.485. The van der Waals surface area contributed by atoms with E-state index in [0.717, 1.165) is 19.3 Å². The molecule has 5 nitrogen and oxygen atoms in total. The van der Waals surface area contributed by atoms with Crippen LogP contribution < -0.4 is 10.5 Å². The summed E-state index contributed by atoms with van der Waals surface area (Å²) in [6.45, 7) is 2.22. The molecule has 0 aliphatic heterocycles. The molecule has 0 bridgehead atoms. The first-order valence-corrected chi connectivity index (χ1v) is 8.28. The number of rotatable bonds is 5. The maximum Gasteiger partial charge on any atom is 0.240 e. The van der Waals surface area contributed by atoms with Crippen LogP contribution in [0.15, 0.2) is 23.1 Å². The average molecular weight is 297 g/mol. The number of nitrogen functional groups attached to an aromatic ring is 1. The number of nitrogens with two attached hydrogens (primary N) is 1. The Balaban J connectivity index is 2.17. The van der Waals surface area contributed by atoms with Crippen LogP contribution in [-0.2, 0) is 10.0 Å². The molecule has 1 fully saturated rings. The predicted molar refractivity (Wildman–Crippen MR) is 81.0 cm³/mol. The molecular weight excluding hydrogens is 274 g/mol. The van der Waals surface area contributed by atoms with Crippen molar-refractivity contribution < 1.29 is 8.42 Å². The first kappa shape index (κ1) is 15.3. The lowest BCUT2D eigenvalue weighted by Crippen LogP contribution is -2.57. The molecule has 112 valence electrons. The largest absolute Gasteiger partial charge is 0.399 e. The van der Waals surface area contributed by atoms with Crippen molar-refractivity contribution in [2.75, 3.05) is 26.4 Å². The minimum atomic E-state index is -3.51. The van der Waals surface area contributed by atoms with E-state index >= 15 is 0 Å². The van der Waals surface area contributed by atoms with Crippen LogP contribution in [0.2, 0.25) is 0 Å². The third-order valence-corrected chi connectivity index (χ3v) is 5.87. The normalized spacial score (nSPS) is 18.0. The summed E-state index contributed by atoms with van der Waals surface area (Å²) in [5.41, 5.74) is 6.82. The van der Waals surface area contributed by atoms with Crippen LogP contribution in [0.1, 0.15) is 24.8 Å². The molecule has 0 saturated heterocycles. The van der Waals surface area contributed by atoms with E-state index in [1.54, 1.807) is 19.1 Å². The molecule has 20 heavy (non-hydrogen) atoms. The molecule has 0 amide bonds. The van der Waals surface area contributed by atoms with Gasteiger partial charge >= 0.3 is 0 Å². The number of benzene rings is 1. The Bertz CT molecular complexity index is 592. The van der Waals surface area contributed by atoms with Crippen molar-refractivity contribution in [3.63, 3.8) is 0 Å². The molecule has 1 aliphatic rings. The summed E-state index contributed by atoms with van der Waals surface area (Å²) < 4.78 is 27.6. The van der Waals surface area contributed by atoms with Gasteiger partial charge in [-0.3, -0.25) is 0 Å². The molecule has 1 saturated carbocycles. The standard InChI is InChI=1S/C14H23N3O2S/c1-11-5-6-12(15)9-13(11)20(18,19)16-10-14(17(2)3)7-4-8-14/h5-6,9,16H,4,7-8,10,15H2,1-3H3. The lowest BCUT2D eigenvalue weighted by atomic mass is 9.76. The monoisotopic (exact) mass is 297 g/mol. The Morgan fingerprint density at radius 3 is 2.50 bits per heavy atom. The number of aryl methyl sites for hydroxylation is 1. The van der Waals surface area contributed by atoms with Gasteiger partial charge in [-0.15, -0.1) is 0 Å². The van der Waals surface area contributed by atoms with Gasteiger partial charge in [-0.05, 0) is 58.0 Å². The SMILES string of the molecule is Cc1ccc(N)cc1S(=O)(=O)NCC1(N(C)C)CCC1. The number of likely N-dealkylation sites (N-methyl/N-ethyl adjacent to an activating group) is 1. The highest BCUT2D eigenvalue weighted by atomic mass is 32.2. The summed E-state index contributed by atoms with van der Waals surface area (Å²) in [4.78, 5) is 2.39. The third kappa shape index (κ3) is 2.82. The number of nitrogens with one attached hydrogen (secondary N) is 1. The summed E-state index contributed by atoms with van der Waals surface area (Å²) in [5, 5.41) is 0. The summed E-state index contributed by atoms with van der Waals surface area (Å²) >= 11 is 0. The van der Waals surface area contributed by atoms with Gasteiger partial charge in [-0.2, -0.15) is 0 Å². The lowest BCUT2D eigenvalue weighted by molar-refractivity contribution is 0.0657. The van der Waals surface area contributed by atoms with Gasteiger partial charge < -0.3 is 10.6 Å². The second-order valence-electron chi connectivity index (χ2n) is 5.82. The Kier molecular flexibility index (Phi) is 4.09. The van der Waals surface area contributed by atoms with Crippen LogP contribution in [0.5, 0.6) is 0 Å². The van der Waals surface area contributed by atoms with Crippen molar-refractivity contribution in [1.29, 1.82) is 0 Å². The van der Waals surface area contributed by atoms with Gasteiger partial charge in [0.15, 0.2) is 0 Å². The highest BCUT2D eigenvalue weighted by Gasteiger charge is 2.39. The molecule has 0 unspecified atom stereocenters. The van der Waals surface area contributed by atoms with E-state index in [2.05, 4.69) is 9.62 Å². The van der Waals surface area contributed by atoms with E-state index in [0.29, 0.717) is 17.8 Å². The van der Waals surface area contributed by atoms with Crippen LogP contribution in [0, 0.1) is 6.92 Å². The van der Waals surface area contributed by atoms with E-state index < -0.39 is 10.0 Å². The molecule has 1 aromatic rings. The predicted octanol–water partition coefficient (Wildman–Crippen LogP) is 1.34. The molecule has 0 atom stereocenters. The number of sulfonamides is 1. The highest BCUT2D eigenvalue weighted by Crippen LogP contribution is 2.35. The van der Waals surface area contributed by atoms with Crippen LogP contribution in [0.4, 0.5) is 5.69 Å². The number of hydrogen-bond acceptors (Lipinski definition) is 4. The Hall–Kier alpha value is -1.11. The van der Waals surface area contributed by atoms with Crippen molar-refractivity contribution in [1.82, 2.24) is 9.62 Å². The van der Waals surface area contributed by atoms with Gasteiger partial charge in [-0.1, -0.05) is 6.07 Å². The number of nitrogens with zero attached hydrogens (tertiary/aromatic N) is 1. The van der Waals surface area contributed by atoms with E-state index in [1.165, 1.54) is 6.07 Å². The molecule has 3 N–H and O–H groups in total. The Labute approximate surface area is 121 Å². The van der Waals surface area contributed by atoms with Crippen LogP contribution >= 0.6 is 0 Å². The highest BCUT2D eigenvalue weighted by molar-refractivity contribution is 7.89. The van der Waals surface area contributed by atoms with Crippen LogP contribution in [0.3, 0.4) is 0 Å². The van der Waals surface area contributed by atoms with E-state index in [1.807, 2.05) is 14.1 Å². The van der Waals surface area contributed by atoms with Crippen LogP contribution in [0.25, 0.3) is 0 Å². The van der Waals surface area contributed by atoms with Crippen molar-refractivity contribution in [3.8, 4) is 0 Å². The topological polar surface area (TPSA) is 75.4 Å². The zero-order chi connectivity index (χ0) is 15.0. The van der Waals surface area contributed by atoms with Crippen molar-refractivity contribution >= 4 is 15.7 Å². The molecule has 6 heteroatoms. The lowest BCUT2D eigenvalue weighted by Gasteiger charge is -2.47. The quantitative estimate of drug-likeness (QED) is 0.804. The average Bonchev–Trinajstić information content (AvgIpc) is 2.30. The first-order chi connectivity index (χ1) is 9.27. The van der Waals surface area contributed by atoms with Crippen LogP contribution in [-0.4, -0.2) is 39.5 Å². The van der Waals surface area contributed by atoms with Gasteiger partial charge in [0, 0.05) is 17.8 Å². The van der Waals surface area contributed by atoms with E-state index in [9.17, 15) is 8.42 Å². The smallest absolute Gasteiger partial charge is 0.240 e. The minimum Gasteiger partial charge on any atom is -0.399 e. The van der Waals surface area contributed by atoms with Crippen molar-refractivity contribution in [2.24, 2.45) is 0 Å². The second kappa shape index (κ2) is 5.35. The van der Waals surface area contributed by atoms with Gasteiger partial charge in [0.2, 0.25) is 10.0 Å². The van der Waals surface area contributed by atoms with Gasteiger partial charge in [0.05, 0.1) is 4.90 Å². The summed E-state index contributed by atoms with van der Waals surface area (Å²) in [6.07, 6.45) is 3.20. The van der Waals surface area contributed by atoms with E-state index in [-0.39, 0.29) is 10.4 Å². The van der Waals surface area contributed by atoms with Crippen molar-refractivity contribution in [3.05, 3.63) is 23.8 Å². The number of hydrogen-bond donors (Lipinski definition) is 2. The molecule has 2 rings (SSSR count). The molecule has 1 aliphatic carbocycles. The molecular formula is C14H23N3O2S. The molecule has 0 aromatic heterocycles. The summed E-state index contributed by atoms with van der Waals surface area (Å²) in [6, 6.07) is 4.96. The van der Waals surface area contributed by atoms with E-state index in [4.69, 9.17) is 5.73 Å². The number of anilines is 1. The Morgan fingerprint density at radius 2 is 2.00 bits per heavy atom. The fraction of sp³-hybridized carbons (Fsp3) is 0.571. The minimum absolute atomic E-state index is 0.0404. The first-order valence-electron chi connectivity index (χ1n) is 6.80. The van der Waals surface area contributed by atoms with Gasteiger partial charge in [-0.25, -0.2) is 13.1 Å². The molecule has 1 aromatic carbocycles. The zero-order valence-electron chi connectivity index (χ0n) is 12.3. The van der Waals surface area contributed by atoms with Gasteiger partial charge in [0.25, 0.3) is 0 Å². The zero-order valence-corrected chi connectivity index (χ0v) is 13.1. The fourth-order valence-electron chi connectivity index (χ4n) is 2.58. The molecule has 0 radical (unpaired) electrons. The maximum absolute atomic E-state index is 12.4.